The molecule has 33 valence electrons. The van der Waals surface area contributed by atoms with Crippen LogP contribution >= 0.6 is 0 Å². The maximum Gasteiger partial charge on any atom is 0 e. The summed E-state index contributed by atoms with van der Waals surface area (Å²) in [5.74, 6) is 0. The third-order valence-electron chi connectivity index (χ3n) is 0.102. The standard InChI is InChI=1S/C3H4O.W.Y/c1-2-3-4;;/h1-2H2;;/q-2;;. The SMILES string of the molecule is [CH2-]C[C-]=O.[W].[Y]. The molecule has 3 heteroatoms. The second-order valence-electron chi connectivity index (χ2n) is 0.394. The molecule has 6 heavy (non-hydrogen) atoms. The van der Waals surface area contributed by atoms with Gasteiger partial charge in [0.15, 0.2) is 0 Å². The summed E-state index contributed by atoms with van der Waals surface area (Å²) >= 11 is 0. The van der Waals surface area contributed by atoms with Crippen molar-refractivity contribution in [3.63, 3.8) is 0 Å². The van der Waals surface area contributed by atoms with Crippen molar-refractivity contribution in [2.45, 2.75) is 6.42 Å². The van der Waals surface area contributed by atoms with E-state index >= 15 is 0 Å². The third-order valence-corrected chi connectivity index (χ3v) is 0.102. The number of hydrogen-bond donors (Lipinski definition) is 0. The molecule has 0 amide bonds. The van der Waals surface area contributed by atoms with E-state index in [0.29, 0.717) is 0 Å². The summed E-state index contributed by atoms with van der Waals surface area (Å²) in [4.78, 5) is 8.99. The summed E-state index contributed by atoms with van der Waals surface area (Å²) in [6.45, 7) is 3.18. The van der Waals surface area contributed by atoms with E-state index in [1.165, 1.54) is 0 Å². The van der Waals surface area contributed by atoms with E-state index in [1.807, 2.05) is 0 Å². The summed E-state index contributed by atoms with van der Waals surface area (Å²) in [7, 11) is 0. The second kappa shape index (κ2) is 16.1. The predicted octanol–water partition coefficient (Wildman–Crippen LogP) is 0.315. The van der Waals surface area contributed by atoms with Crippen molar-refractivity contribution in [1.82, 2.24) is 0 Å². The molecule has 0 bridgehead atoms. The molecule has 0 aromatic heterocycles. The van der Waals surface area contributed by atoms with E-state index < -0.39 is 0 Å². The van der Waals surface area contributed by atoms with Crippen LogP contribution in [0.2, 0.25) is 0 Å². The van der Waals surface area contributed by atoms with E-state index in [4.69, 9.17) is 4.79 Å². The molecule has 0 aliphatic carbocycles. The molecule has 1 radical (unpaired) electrons. The smallest absolute Gasteiger partial charge is 0 e. The van der Waals surface area contributed by atoms with Crippen LogP contribution in [0, 0.1) is 6.92 Å². The molecule has 0 saturated heterocycles. The number of hydrogen-bond acceptors (Lipinski definition) is 1. The van der Waals surface area contributed by atoms with Gasteiger partial charge in [0.05, 0.1) is 0 Å². The first-order valence-corrected chi connectivity index (χ1v) is 1.06. The normalized spacial score (nSPS) is 4.17. The Balaban J connectivity index is -0.0000000450. The fourth-order valence-corrected chi connectivity index (χ4v) is 0. The van der Waals surface area contributed by atoms with E-state index in [1.54, 1.807) is 6.29 Å². The van der Waals surface area contributed by atoms with Gasteiger partial charge < -0.3 is 11.7 Å². The maximum atomic E-state index is 8.99. The zero-order valence-corrected chi connectivity index (χ0v) is 9.08. The van der Waals surface area contributed by atoms with Crippen LogP contribution in [0.1, 0.15) is 6.42 Å². The Morgan fingerprint density at radius 1 is 1.67 bits per heavy atom. The van der Waals surface area contributed by atoms with Crippen molar-refractivity contribution in [2.24, 2.45) is 0 Å². The molecular weight excluding hydrogens is 325 g/mol. The average molecular weight is 329 g/mol. The van der Waals surface area contributed by atoms with Crippen LogP contribution in [0.5, 0.6) is 0 Å². The molecule has 0 aliphatic heterocycles. The van der Waals surface area contributed by atoms with Gasteiger partial charge in [-0.15, -0.1) is 0 Å². The Morgan fingerprint density at radius 2 is 1.83 bits per heavy atom. The summed E-state index contributed by atoms with van der Waals surface area (Å²) in [6, 6.07) is 0. The summed E-state index contributed by atoms with van der Waals surface area (Å²) in [5, 5.41) is 0. The molecule has 0 rings (SSSR count). The maximum absolute atomic E-state index is 8.99. The first-order valence-electron chi connectivity index (χ1n) is 1.06. The molecule has 0 atom stereocenters. The van der Waals surface area contributed by atoms with Gasteiger partial charge in [-0.05, 0) is 0 Å². The second-order valence-corrected chi connectivity index (χ2v) is 0.394. The molecule has 0 fully saturated rings. The predicted molar refractivity (Wildman–Crippen MR) is 15.7 cm³/mol. The minimum atomic E-state index is 0. The molecule has 0 heterocycles. The first kappa shape index (κ1) is 15.7. The van der Waals surface area contributed by atoms with Gasteiger partial charge >= 0.3 is 0 Å². The van der Waals surface area contributed by atoms with Crippen LogP contribution in [0.25, 0.3) is 0 Å². The fourth-order valence-electron chi connectivity index (χ4n) is 0. The van der Waals surface area contributed by atoms with Crippen LogP contribution in [0.4, 0.5) is 0 Å². The molecule has 0 saturated carbocycles. The van der Waals surface area contributed by atoms with Crippen LogP contribution < -0.4 is 0 Å². The van der Waals surface area contributed by atoms with Crippen molar-refractivity contribution in [1.29, 1.82) is 0 Å². The molecule has 0 spiro atoms. The van der Waals surface area contributed by atoms with Gasteiger partial charge in [0.25, 0.3) is 0 Å². The Morgan fingerprint density at radius 3 is 1.83 bits per heavy atom. The van der Waals surface area contributed by atoms with Crippen LogP contribution in [-0.4, -0.2) is 6.29 Å². The van der Waals surface area contributed by atoms with Crippen molar-refractivity contribution < 1.29 is 58.6 Å². The fraction of sp³-hybridized carbons (Fsp3) is 0.333. The van der Waals surface area contributed by atoms with Crippen molar-refractivity contribution in [3.05, 3.63) is 6.92 Å². The van der Waals surface area contributed by atoms with Gasteiger partial charge in [-0.3, -0.25) is 12.7 Å². The monoisotopic (exact) mass is 329 g/mol. The van der Waals surface area contributed by atoms with Gasteiger partial charge in [-0.25, -0.2) is 0 Å². The number of carbonyl (C=O) groups excluding carboxylic acids is 1. The Labute approximate surface area is 77.4 Å². The molecule has 0 aliphatic rings. The molecule has 0 aromatic rings. The summed E-state index contributed by atoms with van der Waals surface area (Å²) in [6.07, 6.45) is 1.83. The Hall–Kier alpha value is 1.46. The van der Waals surface area contributed by atoms with Crippen LogP contribution in [0.15, 0.2) is 0 Å². The molecular formula is C3H4OWY-2. The van der Waals surface area contributed by atoms with Gasteiger partial charge in [0, 0.05) is 53.8 Å². The van der Waals surface area contributed by atoms with Crippen molar-refractivity contribution >= 4 is 6.29 Å². The zero-order valence-electron chi connectivity index (χ0n) is 3.31. The van der Waals surface area contributed by atoms with Crippen LogP contribution in [0.3, 0.4) is 0 Å². The molecule has 0 N–H and O–H groups in total. The van der Waals surface area contributed by atoms with Crippen molar-refractivity contribution in [3.8, 4) is 0 Å². The van der Waals surface area contributed by atoms with Gasteiger partial charge in [0.2, 0.25) is 0 Å². The van der Waals surface area contributed by atoms with Gasteiger partial charge in [-0.1, -0.05) is 0 Å². The van der Waals surface area contributed by atoms with E-state index in [2.05, 4.69) is 6.92 Å². The average Bonchev–Trinajstić information content (AvgIpc) is 1.37. The third kappa shape index (κ3) is 17.9. The Bertz CT molecular complexity index is 24.8. The van der Waals surface area contributed by atoms with Crippen molar-refractivity contribution in [2.75, 3.05) is 0 Å². The molecule has 0 aromatic carbocycles. The minimum absolute atomic E-state index is 0. The van der Waals surface area contributed by atoms with Gasteiger partial charge in [-0.2, -0.15) is 0 Å². The van der Waals surface area contributed by atoms with E-state index in [0.717, 1.165) is 0 Å². The number of rotatable bonds is 1. The van der Waals surface area contributed by atoms with Gasteiger partial charge in [0.1, 0.15) is 0 Å². The first-order chi connectivity index (χ1) is 1.91. The topological polar surface area (TPSA) is 17.1 Å². The molecule has 0 unspecified atom stereocenters. The largest absolute Gasteiger partial charge is 0.544 e. The Kier molecular flexibility index (Phi) is 42.0. The summed E-state index contributed by atoms with van der Waals surface area (Å²) < 4.78 is 0. The quantitative estimate of drug-likeness (QED) is 0.634. The molecule has 1 nitrogen and oxygen atoms in total. The van der Waals surface area contributed by atoms with E-state index in [9.17, 15) is 0 Å². The summed E-state index contributed by atoms with van der Waals surface area (Å²) in [5.41, 5.74) is 0. The minimum Gasteiger partial charge on any atom is -0.544 e. The van der Waals surface area contributed by atoms with E-state index in [-0.39, 0.29) is 60.2 Å². The zero-order chi connectivity index (χ0) is 3.41. The van der Waals surface area contributed by atoms with Crippen LogP contribution in [-0.2, 0) is 58.6 Å².